The van der Waals surface area contributed by atoms with E-state index in [1.165, 1.54) is 0 Å². The average Bonchev–Trinajstić information content (AvgIpc) is 3.30. The van der Waals surface area contributed by atoms with Crippen molar-refractivity contribution in [2.45, 2.75) is 26.1 Å². The molecule has 138 valence electrons. The van der Waals surface area contributed by atoms with Crippen LogP contribution >= 0.6 is 11.6 Å². The molecule has 1 unspecified atom stereocenters. The zero-order chi connectivity index (χ0) is 18.4. The number of hydrogen-bond donors (Lipinski definition) is 1. The molecule has 3 rings (SSSR count). The number of aryl methyl sites for hydroxylation is 1. The monoisotopic (exact) mass is 375 g/mol. The fourth-order valence-electron chi connectivity index (χ4n) is 2.68. The van der Waals surface area contributed by atoms with E-state index in [-0.39, 0.29) is 6.61 Å². The Hall–Kier alpha value is -2.21. The van der Waals surface area contributed by atoms with Crippen LogP contribution in [-0.2, 0) is 13.1 Å². The summed E-state index contributed by atoms with van der Waals surface area (Å²) >= 11 is 6.02. The van der Waals surface area contributed by atoms with Gasteiger partial charge < -0.3 is 18.7 Å². The first-order valence-electron chi connectivity index (χ1n) is 8.44. The van der Waals surface area contributed by atoms with Gasteiger partial charge >= 0.3 is 0 Å². The second-order valence-electron chi connectivity index (χ2n) is 6.20. The third kappa shape index (κ3) is 5.39. The maximum atomic E-state index is 10.4. The van der Waals surface area contributed by atoms with Crippen molar-refractivity contribution in [1.29, 1.82) is 0 Å². The third-order valence-corrected chi connectivity index (χ3v) is 4.38. The standard InChI is InChI=1S/C20H22ClNO4/c1-15-10-17(6-7-20(15)21)26-14-16(23)11-22(12-18-4-2-8-24-18)13-19-5-3-9-25-19/h2-10,16,23H,11-14H2,1H3. The van der Waals surface area contributed by atoms with Crippen molar-refractivity contribution in [3.05, 3.63) is 77.1 Å². The number of hydrogen-bond acceptors (Lipinski definition) is 5. The van der Waals surface area contributed by atoms with Gasteiger partial charge in [0.05, 0.1) is 25.6 Å². The first-order chi connectivity index (χ1) is 12.6. The first-order valence-corrected chi connectivity index (χ1v) is 8.82. The van der Waals surface area contributed by atoms with Crippen LogP contribution in [0.3, 0.4) is 0 Å². The van der Waals surface area contributed by atoms with Gasteiger partial charge in [-0.2, -0.15) is 0 Å². The highest BCUT2D eigenvalue weighted by Gasteiger charge is 2.16. The van der Waals surface area contributed by atoms with Gasteiger partial charge in [-0.15, -0.1) is 0 Å². The highest BCUT2D eigenvalue weighted by Crippen LogP contribution is 2.21. The predicted molar refractivity (Wildman–Crippen MR) is 99.2 cm³/mol. The molecule has 0 spiro atoms. The fourth-order valence-corrected chi connectivity index (χ4v) is 2.80. The molecule has 26 heavy (non-hydrogen) atoms. The summed E-state index contributed by atoms with van der Waals surface area (Å²) in [7, 11) is 0. The van der Waals surface area contributed by atoms with E-state index in [2.05, 4.69) is 4.90 Å². The number of rotatable bonds is 9. The lowest BCUT2D eigenvalue weighted by Gasteiger charge is -2.23. The lowest BCUT2D eigenvalue weighted by molar-refractivity contribution is 0.0580. The molecule has 0 saturated heterocycles. The topological polar surface area (TPSA) is 59.0 Å². The second kappa shape index (κ2) is 8.94. The zero-order valence-corrected chi connectivity index (χ0v) is 15.4. The summed E-state index contributed by atoms with van der Waals surface area (Å²) in [6, 6.07) is 13.0. The minimum Gasteiger partial charge on any atom is -0.491 e. The largest absolute Gasteiger partial charge is 0.491 e. The molecule has 1 atom stereocenters. The number of aliphatic hydroxyl groups excluding tert-OH is 1. The normalized spacial score (nSPS) is 12.5. The van der Waals surface area contributed by atoms with E-state index in [0.29, 0.717) is 30.4 Å². The lowest BCUT2D eigenvalue weighted by atomic mass is 10.2. The highest BCUT2D eigenvalue weighted by atomic mass is 35.5. The smallest absolute Gasteiger partial charge is 0.119 e. The summed E-state index contributed by atoms with van der Waals surface area (Å²) in [5.41, 5.74) is 0.941. The number of furan rings is 2. The molecular weight excluding hydrogens is 354 g/mol. The van der Waals surface area contributed by atoms with Crippen LogP contribution in [0.4, 0.5) is 0 Å². The van der Waals surface area contributed by atoms with E-state index < -0.39 is 6.10 Å². The van der Waals surface area contributed by atoms with Crippen LogP contribution in [0.25, 0.3) is 0 Å². The number of halogens is 1. The van der Waals surface area contributed by atoms with Crippen molar-refractivity contribution in [3.8, 4) is 5.75 Å². The Morgan fingerprint density at radius 3 is 2.27 bits per heavy atom. The van der Waals surface area contributed by atoms with Crippen LogP contribution in [0.5, 0.6) is 5.75 Å². The van der Waals surface area contributed by atoms with Gasteiger partial charge in [-0.25, -0.2) is 0 Å². The molecule has 0 fully saturated rings. The average molecular weight is 376 g/mol. The van der Waals surface area contributed by atoms with Gasteiger partial charge in [0.15, 0.2) is 0 Å². The van der Waals surface area contributed by atoms with Crippen LogP contribution in [0.1, 0.15) is 17.1 Å². The van der Waals surface area contributed by atoms with Gasteiger partial charge in [-0.3, -0.25) is 4.90 Å². The maximum absolute atomic E-state index is 10.4. The minimum atomic E-state index is -0.657. The van der Waals surface area contributed by atoms with E-state index in [0.717, 1.165) is 17.1 Å². The molecule has 1 N–H and O–H groups in total. The summed E-state index contributed by atoms with van der Waals surface area (Å²) in [4.78, 5) is 2.05. The van der Waals surface area contributed by atoms with E-state index >= 15 is 0 Å². The number of nitrogens with zero attached hydrogens (tertiary/aromatic N) is 1. The molecule has 0 bridgehead atoms. The maximum Gasteiger partial charge on any atom is 0.119 e. The SMILES string of the molecule is Cc1cc(OCC(O)CN(Cc2ccco2)Cc2ccco2)ccc1Cl. The quantitative estimate of drug-likeness (QED) is 0.605. The molecule has 0 amide bonds. The Bertz CT molecular complexity index is 750. The molecule has 1 aromatic carbocycles. The van der Waals surface area contributed by atoms with Crippen molar-refractivity contribution in [2.75, 3.05) is 13.2 Å². The Labute approximate surface area is 157 Å². The van der Waals surface area contributed by atoms with Crippen LogP contribution < -0.4 is 4.74 Å². The molecule has 3 aromatic rings. The molecule has 0 aliphatic rings. The Morgan fingerprint density at radius 2 is 1.73 bits per heavy atom. The van der Waals surface area contributed by atoms with Crippen molar-refractivity contribution >= 4 is 11.6 Å². The summed E-state index contributed by atoms with van der Waals surface area (Å²) < 4.78 is 16.5. The van der Waals surface area contributed by atoms with Gasteiger partial charge in [-0.1, -0.05) is 11.6 Å². The molecule has 0 radical (unpaired) electrons. The molecule has 0 saturated carbocycles. The van der Waals surface area contributed by atoms with Crippen LogP contribution in [-0.4, -0.2) is 29.3 Å². The van der Waals surface area contributed by atoms with E-state index in [9.17, 15) is 5.11 Å². The van der Waals surface area contributed by atoms with Crippen LogP contribution in [0.2, 0.25) is 5.02 Å². The van der Waals surface area contributed by atoms with Crippen molar-refractivity contribution in [1.82, 2.24) is 4.90 Å². The van der Waals surface area contributed by atoms with Crippen molar-refractivity contribution in [2.24, 2.45) is 0 Å². The molecule has 5 nitrogen and oxygen atoms in total. The summed E-state index contributed by atoms with van der Waals surface area (Å²) in [6.07, 6.45) is 2.63. The van der Waals surface area contributed by atoms with E-state index in [4.69, 9.17) is 25.2 Å². The van der Waals surface area contributed by atoms with Gasteiger partial charge in [0.2, 0.25) is 0 Å². The van der Waals surface area contributed by atoms with Crippen molar-refractivity contribution < 1.29 is 18.7 Å². The predicted octanol–water partition coefficient (Wildman–Crippen LogP) is 4.28. The number of ether oxygens (including phenoxy) is 1. The summed E-state index contributed by atoms with van der Waals surface area (Å²) in [6.45, 7) is 3.68. The first kappa shape index (κ1) is 18.6. The summed E-state index contributed by atoms with van der Waals surface area (Å²) in [5.74, 6) is 2.35. The van der Waals surface area contributed by atoms with Gasteiger partial charge in [-0.05, 0) is 55.0 Å². The molecule has 0 aliphatic carbocycles. The minimum absolute atomic E-state index is 0.188. The Balaban J connectivity index is 1.56. The molecular formula is C20H22ClNO4. The third-order valence-electron chi connectivity index (χ3n) is 3.96. The van der Waals surface area contributed by atoms with Crippen LogP contribution in [0.15, 0.2) is 63.8 Å². The highest BCUT2D eigenvalue weighted by molar-refractivity contribution is 6.31. The molecule has 0 aliphatic heterocycles. The van der Waals surface area contributed by atoms with Gasteiger partial charge in [0, 0.05) is 11.6 Å². The van der Waals surface area contributed by atoms with Gasteiger partial charge in [0.1, 0.15) is 30.0 Å². The Kier molecular flexibility index (Phi) is 6.39. The Morgan fingerprint density at radius 1 is 1.08 bits per heavy atom. The molecule has 2 aromatic heterocycles. The number of benzene rings is 1. The summed E-state index contributed by atoms with van der Waals surface area (Å²) in [5, 5.41) is 11.1. The van der Waals surface area contributed by atoms with E-state index in [1.54, 1.807) is 24.7 Å². The lowest BCUT2D eigenvalue weighted by Crippen LogP contribution is -2.34. The molecule has 2 heterocycles. The second-order valence-corrected chi connectivity index (χ2v) is 6.61. The van der Waals surface area contributed by atoms with E-state index in [1.807, 2.05) is 37.3 Å². The van der Waals surface area contributed by atoms with Crippen LogP contribution in [0, 0.1) is 6.92 Å². The molecule has 6 heteroatoms. The zero-order valence-electron chi connectivity index (χ0n) is 14.6. The van der Waals surface area contributed by atoms with Crippen molar-refractivity contribution in [3.63, 3.8) is 0 Å². The number of aliphatic hydroxyl groups is 1. The fraction of sp³-hybridized carbons (Fsp3) is 0.300. The van der Waals surface area contributed by atoms with Gasteiger partial charge in [0.25, 0.3) is 0 Å².